The van der Waals surface area contributed by atoms with Crippen molar-refractivity contribution in [2.24, 2.45) is 0 Å². The third-order valence-corrected chi connectivity index (χ3v) is 5.75. The number of nitrogens with zero attached hydrogens (tertiary/aromatic N) is 2. The molecule has 2 amide bonds. The molecular formula is C17H20FN3O4S. The predicted molar refractivity (Wildman–Crippen MR) is 96.7 cm³/mol. The van der Waals surface area contributed by atoms with Crippen molar-refractivity contribution in [3.63, 3.8) is 0 Å². The Hall–Kier alpha value is -2.16. The molecule has 7 nitrogen and oxygen atoms in total. The van der Waals surface area contributed by atoms with E-state index in [0.29, 0.717) is 17.1 Å². The van der Waals surface area contributed by atoms with E-state index in [4.69, 9.17) is 9.47 Å². The number of anilines is 2. The second-order valence-corrected chi connectivity index (χ2v) is 7.70. The molecular weight excluding hydrogens is 361 g/mol. The fourth-order valence-electron chi connectivity index (χ4n) is 3.51. The van der Waals surface area contributed by atoms with Crippen LogP contribution in [-0.2, 0) is 9.53 Å². The van der Waals surface area contributed by atoms with Crippen molar-refractivity contribution in [3.8, 4) is 5.75 Å². The summed E-state index contributed by atoms with van der Waals surface area (Å²) >= 11 is 1.85. The van der Waals surface area contributed by atoms with Gasteiger partial charge in [0.1, 0.15) is 30.3 Å². The van der Waals surface area contributed by atoms with Gasteiger partial charge in [0, 0.05) is 43.7 Å². The minimum absolute atomic E-state index is 0.201. The molecule has 26 heavy (non-hydrogen) atoms. The molecule has 0 bridgehead atoms. The monoisotopic (exact) mass is 381 g/mol. The molecule has 2 fully saturated rings. The van der Waals surface area contributed by atoms with Crippen molar-refractivity contribution in [3.05, 3.63) is 17.9 Å². The minimum Gasteiger partial charge on any atom is -0.489 e. The summed E-state index contributed by atoms with van der Waals surface area (Å²) in [5, 5.41) is 2.65. The van der Waals surface area contributed by atoms with Gasteiger partial charge in [0.2, 0.25) is 5.91 Å². The molecule has 1 N–H and O–H groups in total. The van der Waals surface area contributed by atoms with Gasteiger partial charge in [0.25, 0.3) is 0 Å². The van der Waals surface area contributed by atoms with Crippen molar-refractivity contribution < 1.29 is 23.5 Å². The van der Waals surface area contributed by atoms with Gasteiger partial charge in [0.15, 0.2) is 0 Å². The SMILES string of the molecule is CC(=O)NC[C@H]1OC(=O)N2c3cc(F)c(N4CCSCC4)cc3OC[C@H]12. The smallest absolute Gasteiger partial charge is 0.415 e. The number of cyclic esters (lactones) is 1. The fraction of sp³-hybridized carbons (Fsp3) is 0.529. The van der Waals surface area contributed by atoms with Crippen LogP contribution in [0.1, 0.15) is 6.92 Å². The highest BCUT2D eigenvalue weighted by Crippen LogP contribution is 2.42. The number of carbonyl (C=O) groups is 2. The topological polar surface area (TPSA) is 71.1 Å². The Morgan fingerprint density at radius 3 is 2.85 bits per heavy atom. The molecule has 9 heteroatoms. The van der Waals surface area contributed by atoms with E-state index >= 15 is 0 Å². The summed E-state index contributed by atoms with van der Waals surface area (Å²) in [6.07, 6.45) is -1.07. The summed E-state index contributed by atoms with van der Waals surface area (Å²) in [7, 11) is 0. The molecule has 140 valence electrons. The average Bonchev–Trinajstić information content (AvgIpc) is 2.96. The maximum atomic E-state index is 14.8. The molecule has 0 spiro atoms. The van der Waals surface area contributed by atoms with Gasteiger partial charge in [-0.2, -0.15) is 11.8 Å². The van der Waals surface area contributed by atoms with E-state index in [1.807, 2.05) is 16.7 Å². The molecule has 0 radical (unpaired) electrons. The summed E-state index contributed by atoms with van der Waals surface area (Å²) in [5.74, 6) is 1.82. The number of hydrogen-bond acceptors (Lipinski definition) is 6. The number of nitrogens with one attached hydrogen (secondary N) is 1. The highest BCUT2D eigenvalue weighted by molar-refractivity contribution is 7.99. The number of rotatable bonds is 3. The molecule has 3 aliphatic rings. The molecule has 3 aliphatic heterocycles. The van der Waals surface area contributed by atoms with Crippen LogP contribution in [0.2, 0.25) is 0 Å². The number of amides is 2. The lowest BCUT2D eigenvalue weighted by Gasteiger charge is -2.34. The zero-order valence-electron chi connectivity index (χ0n) is 14.4. The van der Waals surface area contributed by atoms with Gasteiger partial charge in [-0.05, 0) is 0 Å². The number of ether oxygens (including phenoxy) is 2. The van der Waals surface area contributed by atoms with E-state index in [0.717, 1.165) is 24.6 Å². The van der Waals surface area contributed by atoms with Crippen LogP contribution in [0.3, 0.4) is 0 Å². The molecule has 1 aromatic carbocycles. The third kappa shape index (κ3) is 3.04. The first-order valence-electron chi connectivity index (χ1n) is 8.58. The van der Waals surface area contributed by atoms with Crippen LogP contribution in [0.15, 0.2) is 12.1 Å². The van der Waals surface area contributed by atoms with Crippen molar-refractivity contribution in [1.29, 1.82) is 0 Å². The molecule has 0 unspecified atom stereocenters. The number of benzene rings is 1. The first-order chi connectivity index (χ1) is 12.5. The van der Waals surface area contributed by atoms with E-state index in [1.54, 1.807) is 6.07 Å². The predicted octanol–water partition coefficient (Wildman–Crippen LogP) is 1.60. The van der Waals surface area contributed by atoms with Gasteiger partial charge in [-0.1, -0.05) is 0 Å². The highest BCUT2D eigenvalue weighted by atomic mass is 32.2. The van der Waals surface area contributed by atoms with Crippen LogP contribution in [0, 0.1) is 5.82 Å². The Bertz CT molecular complexity index is 741. The quantitative estimate of drug-likeness (QED) is 0.858. The number of halogens is 1. The van der Waals surface area contributed by atoms with Crippen LogP contribution in [0.5, 0.6) is 5.75 Å². The van der Waals surface area contributed by atoms with Crippen LogP contribution >= 0.6 is 11.8 Å². The minimum atomic E-state index is -0.545. The fourth-order valence-corrected chi connectivity index (χ4v) is 4.41. The Labute approximate surface area is 154 Å². The number of thioether (sulfide) groups is 1. The molecule has 0 saturated carbocycles. The van der Waals surface area contributed by atoms with Gasteiger partial charge >= 0.3 is 6.09 Å². The largest absolute Gasteiger partial charge is 0.489 e. The van der Waals surface area contributed by atoms with Crippen molar-refractivity contribution in [1.82, 2.24) is 5.32 Å². The summed E-state index contributed by atoms with van der Waals surface area (Å²) in [5.41, 5.74) is 0.883. The summed E-state index contributed by atoms with van der Waals surface area (Å²) < 4.78 is 25.9. The lowest BCUT2D eigenvalue weighted by atomic mass is 10.1. The lowest BCUT2D eigenvalue weighted by molar-refractivity contribution is -0.119. The van der Waals surface area contributed by atoms with Gasteiger partial charge in [-0.3, -0.25) is 9.69 Å². The second-order valence-electron chi connectivity index (χ2n) is 6.48. The van der Waals surface area contributed by atoms with Crippen molar-refractivity contribution in [2.45, 2.75) is 19.1 Å². The maximum absolute atomic E-state index is 14.8. The molecule has 4 rings (SSSR count). The standard InChI is InChI=1S/C17H20FN3O4S/c1-10(22)19-8-16-14-9-24-15-7-12(20-2-4-26-5-3-20)11(18)6-13(15)21(14)17(23)25-16/h6-7,14,16H,2-5,8-9H2,1H3,(H,19,22)/t14-,16-/m1/s1. The summed E-state index contributed by atoms with van der Waals surface area (Å²) in [4.78, 5) is 26.9. The molecule has 3 heterocycles. The normalized spacial score (nSPS) is 24.5. The maximum Gasteiger partial charge on any atom is 0.415 e. The average molecular weight is 381 g/mol. The Kier molecular flexibility index (Phi) is 4.56. The third-order valence-electron chi connectivity index (χ3n) is 4.81. The molecule has 0 aliphatic carbocycles. The van der Waals surface area contributed by atoms with Crippen molar-refractivity contribution >= 4 is 35.1 Å². The Balaban J connectivity index is 1.60. The zero-order chi connectivity index (χ0) is 18.3. The van der Waals surface area contributed by atoms with E-state index in [1.165, 1.54) is 17.9 Å². The highest BCUT2D eigenvalue weighted by Gasteiger charge is 2.47. The first-order valence-corrected chi connectivity index (χ1v) is 9.73. The Morgan fingerprint density at radius 2 is 2.12 bits per heavy atom. The number of fused-ring (bicyclic) bond motifs is 3. The Morgan fingerprint density at radius 1 is 1.35 bits per heavy atom. The summed E-state index contributed by atoms with van der Waals surface area (Å²) in [6, 6.07) is 2.63. The van der Waals surface area contributed by atoms with Crippen LogP contribution in [0.4, 0.5) is 20.6 Å². The zero-order valence-corrected chi connectivity index (χ0v) is 15.2. The van der Waals surface area contributed by atoms with Crippen LogP contribution in [0.25, 0.3) is 0 Å². The molecule has 0 aromatic heterocycles. The van der Waals surface area contributed by atoms with Crippen LogP contribution < -0.4 is 19.9 Å². The lowest BCUT2D eigenvalue weighted by Crippen LogP contribution is -2.47. The first kappa shape index (κ1) is 17.3. The number of hydrogen-bond donors (Lipinski definition) is 1. The summed E-state index contributed by atoms with van der Waals surface area (Å²) in [6.45, 7) is 3.41. The number of carbonyl (C=O) groups excluding carboxylic acids is 2. The van der Waals surface area contributed by atoms with Gasteiger partial charge in [-0.15, -0.1) is 0 Å². The van der Waals surface area contributed by atoms with Gasteiger partial charge in [-0.25, -0.2) is 9.18 Å². The van der Waals surface area contributed by atoms with E-state index < -0.39 is 18.2 Å². The molecule has 1 aromatic rings. The van der Waals surface area contributed by atoms with E-state index in [2.05, 4.69) is 5.32 Å². The molecule has 2 atom stereocenters. The molecule has 2 saturated heterocycles. The van der Waals surface area contributed by atoms with Gasteiger partial charge < -0.3 is 19.7 Å². The van der Waals surface area contributed by atoms with Gasteiger partial charge in [0.05, 0.1) is 17.9 Å². The van der Waals surface area contributed by atoms with Crippen molar-refractivity contribution in [2.75, 3.05) is 47.5 Å². The van der Waals surface area contributed by atoms with E-state index in [9.17, 15) is 14.0 Å². The second kappa shape index (κ2) is 6.86. The van der Waals surface area contributed by atoms with E-state index in [-0.39, 0.29) is 24.9 Å². The van der Waals surface area contributed by atoms with Crippen LogP contribution in [-0.4, -0.2) is 61.9 Å².